The average molecular weight is 204 g/mol. The number of alkyl halides is 3. The SMILES string of the molecule is CC(C)(c1cccc(O)c1)C(F)(F)F. The minimum atomic E-state index is -4.32. The van der Waals surface area contributed by atoms with E-state index in [1.165, 1.54) is 18.2 Å². The highest BCUT2D eigenvalue weighted by Crippen LogP contribution is 2.40. The number of phenolic OH excluding ortho intramolecular Hbond substituents is 1. The van der Waals surface area contributed by atoms with Crippen LogP contribution in [0.4, 0.5) is 13.2 Å². The van der Waals surface area contributed by atoms with Crippen LogP contribution < -0.4 is 0 Å². The Balaban J connectivity index is 3.16. The van der Waals surface area contributed by atoms with Gasteiger partial charge in [0.05, 0.1) is 5.41 Å². The summed E-state index contributed by atoms with van der Waals surface area (Å²) in [4.78, 5) is 0. The fraction of sp³-hybridized carbons (Fsp3) is 0.400. The van der Waals surface area contributed by atoms with Crippen LogP contribution >= 0.6 is 0 Å². The van der Waals surface area contributed by atoms with Crippen LogP contribution in [0.15, 0.2) is 24.3 Å². The van der Waals surface area contributed by atoms with Crippen LogP contribution in [0.5, 0.6) is 5.75 Å². The normalized spacial score (nSPS) is 12.9. The monoisotopic (exact) mass is 204 g/mol. The molecule has 0 aliphatic rings. The minimum absolute atomic E-state index is 0.0602. The number of hydrogen-bond acceptors (Lipinski definition) is 1. The smallest absolute Gasteiger partial charge is 0.397 e. The van der Waals surface area contributed by atoms with Gasteiger partial charge in [0.1, 0.15) is 5.75 Å². The van der Waals surface area contributed by atoms with Gasteiger partial charge in [0.25, 0.3) is 0 Å². The minimum Gasteiger partial charge on any atom is -0.508 e. The molecule has 14 heavy (non-hydrogen) atoms. The van der Waals surface area contributed by atoms with E-state index in [1.807, 2.05) is 0 Å². The Morgan fingerprint density at radius 2 is 1.71 bits per heavy atom. The van der Waals surface area contributed by atoms with Crippen molar-refractivity contribution >= 4 is 0 Å². The van der Waals surface area contributed by atoms with E-state index in [0.717, 1.165) is 19.9 Å². The van der Waals surface area contributed by atoms with Crippen molar-refractivity contribution in [3.8, 4) is 5.75 Å². The van der Waals surface area contributed by atoms with Crippen LogP contribution in [0.3, 0.4) is 0 Å². The number of rotatable bonds is 1. The third-order valence-electron chi connectivity index (χ3n) is 2.28. The average Bonchev–Trinajstić information content (AvgIpc) is 2.02. The molecule has 0 amide bonds. The first-order chi connectivity index (χ1) is 6.25. The summed E-state index contributed by atoms with van der Waals surface area (Å²) in [7, 11) is 0. The summed E-state index contributed by atoms with van der Waals surface area (Å²) in [6.45, 7) is 2.17. The first-order valence-corrected chi connectivity index (χ1v) is 4.11. The topological polar surface area (TPSA) is 20.2 Å². The molecule has 0 saturated heterocycles. The molecule has 0 aromatic heterocycles. The van der Waals surface area contributed by atoms with Gasteiger partial charge in [-0.3, -0.25) is 0 Å². The molecule has 1 N–H and O–H groups in total. The molecule has 0 saturated carbocycles. The molecule has 0 spiro atoms. The lowest BCUT2D eigenvalue weighted by molar-refractivity contribution is -0.180. The number of benzene rings is 1. The Labute approximate surface area is 80.2 Å². The lowest BCUT2D eigenvalue weighted by atomic mass is 9.84. The summed E-state index contributed by atoms with van der Waals surface area (Å²) >= 11 is 0. The maximum absolute atomic E-state index is 12.6. The Hall–Kier alpha value is -1.19. The molecule has 1 nitrogen and oxygen atoms in total. The molecule has 0 atom stereocenters. The molecule has 78 valence electrons. The molecule has 0 radical (unpaired) electrons. The predicted molar refractivity (Wildman–Crippen MR) is 47.2 cm³/mol. The molecule has 1 rings (SSSR count). The predicted octanol–water partition coefficient (Wildman–Crippen LogP) is 3.23. The first kappa shape index (κ1) is 10.9. The third-order valence-corrected chi connectivity index (χ3v) is 2.28. The Morgan fingerprint density at radius 3 is 2.14 bits per heavy atom. The fourth-order valence-corrected chi connectivity index (χ4v) is 1.06. The Morgan fingerprint density at radius 1 is 1.14 bits per heavy atom. The summed E-state index contributed by atoms with van der Waals surface area (Å²) in [5, 5.41) is 9.07. The molecule has 0 aliphatic heterocycles. The Kier molecular flexibility index (Phi) is 2.48. The van der Waals surface area contributed by atoms with Crippen LogP contribution in [0.25, 0.3) is 0 Å². The highest BCUT2D eigenvalue weighted by molar-refractivity contribution is 5.33. The molecule has 0 aliphatic carbocycles. The number of hydrogen-bond donors (Lipinski definition) is 1. The van der Waals surface area contributed by atoms with E-state index in [4.69, 9.17) is 5.11 Å². The van der Waals surface area contributed by atoms with Crippen molar-refractivity contribution in [1.29, 1.82) is 0 Å². The van der Waals surface area contributed by atoms with Gasteiger partial charge >= 0.3 is 6.18 Å². The van der Waals surface area contributed by atoms with Crippen molar-refractivity contribution in [3.05, 3.63) is 29.8 Å². The zero-order valence-electron chi connectivity index (χ0n) is 7.89. The van der Waals surface area contributed by atoms with Crippen molar-refractivity contribution in [2.24, 2.45) is 0 Å². The highest BCUT2D eigenvalue weighted by atomic mass is 19.4. The maximum Gasteiger partial charge on any atom is 0.397 e. The van der Waals surface area contributed by atoms with Gasteiger partial charge in [-0.25, -0.2) is 0 Å². The zero-order valence-corrected chi connectivity index (χ0v) is 7.89. The quantitative estimate of drug-likeness (QED) is 0.744. The van der Waals surface area contributed by atoms with Crippen molar-refractivity contribution in [2.75, 3.05) is 0 Å². The Bertz CT molecular complexity index is 328. The largest absolute Gasteiger partial charge is 0.508 e. The van der Waals surface area contributed by atoms with Crippen LogP contribution in [0.2, 0.25) is 0 Å². The standard InChI is InChI=1S/C10H11F3O/c1-9(2,10(11,12)13)7-4-3-5-8(14)6-7/h3-6,14H,1-2H3. The highest BCUT2D eigenvalue weighted by Gasteiger charge is 2.48. The molecule has 1 aromatic carbocycles. The van der Waals surface area contributed by atoms with Crippen molar-refractivity contribution in [2.45, 2.75) is 25.4 Å². The summed E-state index contributed by atoms with van der Waals surface area (Å²) in [6.07, 6.45) is -4.32. The number of aromatic hydroxyl groups is 1. The van der Waals surface area contributed by atoms with E-state index in [0.29, 0.717) is 0 Å². The summed E-state index contributed by atoms with van der Waals surface area (Å²) < 4.78 is 37.7. The lowest BCUT2D eigenvalue weighted by Gasteiger charge is -2.28. The van der Waals surface area contributed by atoms with Crippen molar-refractivity contribution in [1.82, 2.24) is 0 Å². The van der Waals surface area contributed by atoms with E-state index in [-0.39, 0.29) is 11.3 Å². The van der Waals surface area contributed by atoms with Gasteiger partial charge in [0, 0.05) is 0 Å². The van der Waals surface area contributed by atoms with Gasteiger partial charge in [0.2, 0.25) is 0 Å². The van der Waals surface area contributed by atoms with Gasteiger partial charge in [-0.1, -0.05) is 12.1 Å². The van der Waals surface area contributed by atoms with Gasteiger partial charge in [0.15, 0.2) is 0 Å². The summed E-state index contributed by atoms with van der Waals surface area (Å²) in [5.41, 5.74) is -1.88. The second-order valence-corrected chi connectivity index (χ2v) is 3.67. The van der Waals surface area contributed by atoms with Crippen molar-refractivity contribution < 1.29 is 18.3 Å². The van der Waals surface area contributed by atoms with E-state index in [9.17, 15) is 13.2 Å². The third kappa shape index (κ3) is 1.84. The molecule has 0 unspecified atom stereocenters. The molecule has 1 aromatic rings. The molecule has 0 fully saturated rings. The van der Waals surface area contributed by atoms with Crippen molar-refractivity contribution in [3.63, 3.8) is 0 Å². The van der Waals surface area contributed by atoms with Gasteiger partial charge in [-0.2, -0.15) is 13.2 Å². The molecule has 0 bridgehead atoms. The maximum atomic E-state index is 12.6. The molecule has 0 heterocycles. The van der Waals surface area contributed by atoms with Crippen LogP contribution in [-0.2, 0) is 5.41 Å². The molecular weight excluding hydrogens is 193 g/mol. The van der Waals surface area contributed by atoms with E-state index < -0.39 is 11.6 Å². The van der Waals surface area contributed by atoms with E-state index in [1.54, 1.807) is 0 Å². The van der Waals surface area contributed by atoms with Crippen LogP contribution in [0, 0.1) is 0 Å². The van der Waals surface area contributed by atoms with Crippen LogP contribution in [-0.4, -0.2) is 11.3 Å². The number of halogens is 3. The number of phenols is 1. The first-order valence-electron chi connectivity index (χ1n) is 4.11. The lowest BCUT2D eigenvalue weighted by Crippen LogP contribution is -2.36. The second-order valence-electron chi connectivity index (χ2n) is 3.67. The van der Waals surface area contributed by atoms with Crippen LogP contribution in [0.1, 0.15) is 19.4 Å². The summed E-state index contributed by atoms with van der Waals surface area (Å²) in [6, 6.07) is 5.23. The molecule has 4 heteroatoms. The van der Waals surface area contributed by atoms with E-state index in [2.05, 4.69) is 0 Å². The fourth-order valence-electron chi connectivity index (χ4n) is 1.06. The molecular formula is C10H11F3O. The summed E-state index contributed by atoms with van der Waals surface area (Å²) in [5.74, 6) is -0.153. The van der Waals surface area contributed by atoms with Gasteiger partial charge < -0.3 is 5.11 Å². The van der Waals surface area contributed by atoms with Gasteiger partial charge in [-0.05, 0) is 31.5 Å². The zero-order chi connectivity index (χ0) is 11.0. The second kappa shape index (κ2) is 3.19. The van der Waals surface area contributed by atoms with Gasteiger partial charge in [-0.15, -0.1) is 0 Å². The van der Waals surface area contributed by atoms with E-state index >= 15 is 0 Å².